The molecule has 0 radical (unpaired) electrons. The minimum absolute atomic E-state index is 0.292. The Morgan fingerprint density at radius 2 is 2.04 bits per heavy atom. The lowest BCUT2D eigenvalue weighted by atomic mass is 10.2. The van der Waals surface area contributed by atoms with Crippen molar-refractivity contribution in [3.63, 3.8) is 0 Å². The van der Waals surface area contributed by atoms with Crippen molar-refractivity contribution in [3.8, 4) is 11.5 Å². The van der Waals surface area contributed by atoms with E-state index in [2.05, 4.69) is 25.8 Å². The van der Waals surface area contributed by atoms with Gasteiger partial charge in [0.1, 0.15) is 18.9 Å². The number of aromatic nitrogens is 3. The molecule has 0 atom stereocenters. The first-order valence-electron chi connectivity index (χ1n) is 8.17. The number of amides is 1. The number of nitrogens with one attached hydrogen (secondary N) is 3. The van der Waals surface area contributed by atoms with Gasteiger partial charge in [0.25, 0.3) is 5.91 Å². The van der Waals surface area contributed by atoms with Gasteiger partial charge in [0.2, 0.25) is 0 Å². The minimum atomic E-state index is -0.292. The number of carbonyl (C=O) groups is 1. The fourth-order valence-electron chi connectivity index (χ4n) is 2.62. The highest BCUT2D eigenvalue weighted by Gasteiger charge is 2.15. The maximum Gasteiger partial charge on any atom is 0.275 e. The molecule has 0 bridgehead atoms. The van der Waals surface area contributed by atoms with E-state index in [1.54, 1.807) is 30.7 Å². The highest BCUT2D eigenvalue weighted by Crippen LogP contribution is 2.31. The zero-order valence-electron chi connectivity index (χ0n) is 13.9. The third-order valence-corrected chi connectivity index (χ3v) is 3.88. The van der Waals surface area contributed by atoms with Gasteiger partial charge in [0, 0.05) is 12.7 Å². The van der Waals surface area contributed by atoms with E-state index in [0.29, 0.717) is 36.8 Å². The molecule has 132 valence electrons. The quantitative estimate of drug-likeness (QED) is 0.653. The van der Waals surface area contributed by atoms with Crippen LogP contribution < -0.4 is 20.1 Å². The molecule has 0 aliphatic carbocycles. The number of hydrogen-bond donors (Lipinski definition) is 3. The Balaban J connectivity index is 1.43. The molecule has 1 aliphatic heterocycles. The lowest BCUT2D eigenvalue weighted by Gasteiger charge is -2.19. The molecule has 2 aromatic heterocycles. The molecule has 3 N–H and O–H groups in total. The number of aromatic amines is 1. The van der Waals surface area contributed by atoms with E-state index in [1.807, 2.05) is 18.2 Å². The highest BCUT2D eigenvalue weighted by molar-refractivity contribution is 6.06. The van der Waals surface area contributed by atoms with E-state index in [4.69, 9.17) is 9.47 Å². The molecule has 0 unspecified atom stereocenters. The molecule has 4 rings (SSSR count). The fraction of sp³-hybridized carbons (Fsp3) is 0.167. The summed E-state index contributed by atoms with van der Waals surface area (Å²) in [6, 6.07) is 9.29. The molecule has 26 heavy (non-hydrogen) atoms. The van der Waals surface area contributed by atoms with Crippen molar-refractivity contribution in [2.24, 2.45) is 0 Å². The highest BCUT2D eigenvalue weighted by atomic mass is 16.6. The summed E-state index contributed by atoms with van der Waals surface area (Å²) in [6.07, 6.45) is 4.80. The molecule has 0 saturated heterocycles. The topological polar surface area (TPSA) is 101 Å². The molecule has 0 fully saturated rings. The number of hydrogen-bond acceptors (Lipinski definition) is 6. The Kier molecular flexibility index (Phi) is 4.38. The number of ether oxygens (including phenoxy) is 2. The van der Waals surface area contributed by atoms with Crippen molar-refractivity contribution in [1.29, 1.82) is 0 Å². The normalized spacial score (nSPS) is 12.5. The van der Waals surface area contributed by atoms with E-state index >= 15 is 0 Å². The SMILES string of the molecule is O=C(Nc1cccnc1)c1[nH]ncc1NCc1ccc2c(c1)OCCO2. The van der Waals surface area contributed by atoms with Crippen molar-refractivity contribution in [3.05, 3.63) is 60.2 Å². The predicted molar refractivity (Wildman–Crippen MR) is 95.5 cm³/mol. The van der Waals surface area contributed by atoms with Crippen LogP contribution in [-0.4, -0.2) is 34.3 Å². The van der Waals surface area contributed by atoms with Gasteiger partial charge >= 0.3 is 0 Å². The summed E-state index contributed by atoms with van der Waals surface area (Å²) in [5.74, 6) is 1.19. The van der Waals surface area contributed by atoms with Gasteiger partial charge in [-0.05, 0) is 29.8 Å². The van der Waals surface area contributed by atoms with Crippen LogP contribution in [0.15, 0.2) is 48.9 Å². The van der Waals surface area contributed by atoms with E-state index in [1.165, 1.54) is 0 Å². The maximum absolute atomic E-state index is 12.4. The second kappa shape index (κ2) is 7.14. The molecule has 8 nitrogen and oxygen atoms in total. The Morgan fingerprint density at radius 1 is 1.15 bits per heavy atom. The summed E-state index contributed by atoms with van der Waals surface area (Å²) >= 11 is 0. The smallest absolute Gasteiger partial charge is 0.275 e. The third kappa shape index (κ3) is 3.44. The van der Waals surface area contributed by atoms with Crippen molar-refractivity contribution < 1.29 is 14.3 Å². The average molecular weight is 351 g/mol. The van der Waals surface area contributed by atoms with Gasteiger partial charge in [0.15, 0.2) is 11.5 Å². The summed E-state index contributed by atoms with van der Waals surface area (Å²) in [5.41, 5.74) is 2.59. The number of anilines is 2. The molecule has 1 aliphatic rings. The van der Waals surface area contributed by atoms with Crippen LogP contribution in [0.2, 0.25) is 0 Å². The van der Waals surface area contributed by atoms with E-state index in [9.17, 15) is 4.79 Å². The van der Waals surface area contributed by atoms with Crippen LogP contribution in [0.1, 0.15) is 16.1 Å². The zero-order chi connectivity index (χ0) is 17.8. The zero-order valence-corrected chi connectivity index (χ0v) is 13.9. The lowest BCUT2D eigenvalue weighted by molar-refractivity contribution is 0.102. The van der Waals surface area contributed by atoms with Crippen LogP contribution >= 0.6 is 0 Å². The van der Waals surface area contributed by atoms with Crippen LogP contribution in [-0.2, 0) is 6.54 Å². The number of carbonyl (C=O) groups excluding carboxylic acids is 1. The van der Waals surface area contributed by atoms with Crippen LogP contribution in [0.5, 0.6) is 11.5 Å². The molecule has 8 heteroatoms. The van der Waals surface area contributed by atoms with Crippen LogP contribution in [0.3, 0.4) is 0 Å². The number of H-pyrrole nitrogens is 1. The lowest BCUT2D eigenvalue weighted by Crippen LogP contribution is -2.16. The summed E-state index contributed by atoms with van der Waals surface area (Å²) in [6.45, 7) is 1.63. The molecular formula is C18H17N5O3. The number of fused-ring (bicyclic) bond motifs is 1. The molecule has 1 aromatic carbocycles. The molecule has 0 saturated carbocycles. The summed E-state index contributed by atoms with van der Waals surface area (Å²) in [5, 5.41) is 12.7. The second-order valence-electron chi connectivity index (χ2n) is 5.69. The van der Waals surface area contributed by atoms with Crippen molar-refractivity contribution >= 4 is 17.3 Å². The Labute approximate surface area is 149 Å². The van der Waals surface area contributed by atoms with E-state index < -0.39 is 0 Å². The van der Waals surface area contributed by atoms with Gasteiger partial charge in [-0.15, -0.1) is 0 Å². The van der Waals surface area contributed by atoms with E-state index in [0.717, 1.165) is 17.1 Å². The van der Waals surface area contributed by atoms with Gasteiger partial charge in [0.05, 0.1) is 23.8 Å². The molecule has 1 amide bonds. The van der Waals surface area contributed by atoms with Crippen LogP contribution in [0, 0.1) is 0 Å². The van der Waals surface area contributed by atoms with Crippen molar-refractivity contribution in [2.45, 2.75) is 6.54 Å². The maximum atomic E-state index is 12.4. The Morgan fingerprint density at radius 3 is 2.88 bits per heavy atom. The molecular weight excluding hydrogens is 334 g/mol. The van der Waals surface area contributed by atoms with Crippen LogP contribution in [0.4, 0.5) is 11.4 Å². The predicted octanol–water partition coefficient (Wildman–Crippen LogP) is 2.44. The van der Waals surface area contributed by atoms with Gasteiger partial charge in [-0.25, -0.2) is 0 Å². The van der Waals surface area contributed by atoms with Crippen molar-refractivity contribution in [2.75, 3.05) is 23.8 Å². The first kappa shape index (κ1) is 15.9. The second-order valence-corrected chi connectivity index (χ2v) is 5.69. The number of pyridine rings is 1. The van der Waals surface area contributed by atoms with E-state index in [-0.39, 0.29) is 5.91 Å². The monoisotopic (exact) mass is 351 g/mol. The van der Waals surface area contributed by atoms with Gasteiger partial charge in [-0.3, -0.25) is 14.9 Å². The van der Waals surface area contributed by atoms with Crippen LogP contribution in [0.25, 0.3) is 0 Å². The minimum Gasteiger partial charge on any atom is -0.486 e. The Bertz CT molecular complexity index is 910. The third-order valence-electron chi connectivity index (χ3n) is 3.88. The van der Waals surface area contributed by atoms with Gasteiger partial charge < -0.3 is 20.1 Å². The molecule has 3 heterocycles. The summed E-state index contributed by atoms with van der Waals surface area (Å²) in [7, 11) is 0. The summed E-state index contributed by atoms with van der Waals surface area (Å²) in [4.78, 5) is 16.4. The molecule has 0 spiro atoms. The number of nitrogens with zero attached hydrogens (tertiary/aromatic N) is 2. The number of rotatable bonds is 5. The summed E-state index contributed by atoms with van der Waals surface area (Å²) < 4.78 is 11.1. The Hall–Kier alpha value is -3.55. The standard InChI is InChI=1S/C18H17N5O3/c24-18(22-13-2-1-5-19-10-13)17-14(11-21-23-17)20-9-12-3-4-15-16(8-12)26-7-6-25-15/h1-5,8,10-11,20H,6-7,9H2,(H,21,23)(H,22,24). The number of benzene rings is 1. The average Bonchev–Trinajstić information content (AvgIpc) is 3.16. The molecule has 3 aromatic rings. The first-order chi connectivity index (χ1) is 12.8. The van der Waals surface area contributed by atoms with Crippen molar-refractivity contribution in [1.82, 2.24) is 15.2 Å². The first-order valence-corrected chi connectivity index (χ1v) is 8.17. The fourth-order valence-corrected chi connectivity index (χ4v) is 2.62. The van der Waals surface area contributed by atoms with Gasteiger partial charge in [-0.1, -0.05) is 6.07 Å². The van der Waals surface area contributed by atoms with Gasteiger partial charge in [-0.2, -0.15) is 5.10 Å². The largest absolute Gasteiger partial charge is 0.486 e.